The molecule has 1 rings (SSSR count). The van der Waals surface area contributed by atoms with Gasteiger partial charge in [0.1, 0.15) is 18.8 Å². The van der Waals surface area contributed by atoms with Crippen LogP contribution in [0, 0.1) is 0 Å². The SMILES string of the molecule is CC(=O)N[C@H]1[C@H](OCCCCC(=O)NCCCCCCCCCC(=O)O)O[C@H](COC(C)=O)[C@H](OC(C)=O)[C@@H]1OC(C)=O. The molecule has 43 heavy (non-hydrogen) atoms. The van der Waals surface area contributed by atoms with Gasteiger partial charge in [-0.25, -0.2) is 0 Å². The van der Waals surface area contributed by atoms with Crippen molar-refractivity contribution in [1.82, 2.24) is 10.6 Å². The molecule has 0 aromatic rings. The minimum Gasteiger partial charge on any atom is -0.481 e. The Bertz CT molecular complexity index is 912. The Hall–Kier alpha value is -3.26. The molecule has 0 aliphatic carbocycles. The van der Waals surface area contributed by atoms with Crippen LogP contribution < -0.4 is 10.6 Å². The van der Waals surface area contributed by atoms with Crippen molar-refractivity contribution in [2.75, 3.05) is 19.8 Å². The molecule has 1 aliphatic heterocycles. The predicted molar refractivity (Wildman–Crippen MR) is 151 cm³/mol. The van der Waals surface area contributed by atoms with Crippen molar-refractivity contribution in [3.63, 3.8) is 0 Å². The number of aliphatic carboxylic acids is 1. The molecule has 0 saturated carbocycles. The molecule has 246 valence electrons. The van der Waals surface area contributed by atoms with Crippen molar-refractivity contribution < 1.29 is 57.6 Å². The molecule has 0 bridgehead atoms. The zero-order valence-electron chi connectivity index (χ0n) is 25.7. The Morgan fingerprint density at radius 2 is 1.30 bits per heavy atom. The first-order valence-electron chi connectivity index (χ1n) is 14.9. The Morgan fingerprint density at radius 1 is 0.721 bits per heavy atom. The van der Waals surface area contributed by atoms with Gasteiger partial charge in [-0.1, -0.05) is 32.1 Å². The molecule has 0 aromatic carbocycles. The number of hydrogen-bond donors (Lipinski definition) is 3. The summed E-state index contributed by atoms with van der Waals surface area (Å²) in [7, 11) is 0. The van der Waals surface area contributed by atoms with Crippen molar-refractivity contribution in [3.05, 3.63) is 0 Å². The fourth-order valence-electron chi connectivity index (χ4n) is 4.62. The first-order valence-corrected chi connectivity index (χ1v) is 14.9. The molecule has 0 radical (unpaired) electrons. The summed E-state index contributed by atoms with van der Waals surface area (Å²) in [4.78, 5) is 69.8. The molecule has 1 fully saturated rings. The molecule has 3 N–H and O–H groups in total. The van der Waals surface area contributed by atoms with Crippen LogP contribution in [0.3, 0.4) is 0 Å². The van der Waals surface area contributed by atoms with Crippen molar-refractivity contribution >= 4 is 35.7 Å². The Labute approximate surface area is 252 Å². The number of nitrogens with one attached hydrogen (secondary N) is 2. The number of ether oxygens (including phenoxy) is 5. The molecular weight excluding hydrogens is 568 g/mol. The van der Waals surface area contributed by atoms with Crippen LogP contribution in [0.15, 0.2) is 0 Å². The van der Waals surface area contributed by atoms with Crippen LogP contribution in [-0.2, 0) is 52.5 Å². The molecule has 1 saturated heterocycles. The van der Waals surface area contributed by atoms with Crippen LogP contribution in [0.5, 0.6) is 0 Å². The monoisotopic (exact) mass is 616 g/mol. The van der Waals surface area contributed by atoms with Gasteiger partial charge in [0.15, 0.2) is 18.5 Å². The lowest BCUT2D eigenvalue weighted by atomic mass is 9.96. The van der Waals surface area contributed by atoms with Crippen molar-refractivity contribution in [1.29, 1.82) is 0 Å². The van der Waals surface area contributed by atoms with E-state index >= 15 is 0 Å². The quantitative estimate of drug-likeness (QED) is 0.0968. The van der Waals surface area contributed by atoms with Crippen LogP contribution in [0.25, 0.3) is 0 Å². The second kappa shape index (κ2) is 21.4. The van der Waals surface area contributed by atoms with Gasteiger partial charge < -0.3 is 39.4 Å². The summed E-state index contributed by atoms with van der Waals surface area (Å²) in [5, 5.41) is 14.2. The molecule has 0 spiro atoms. The van der Waals surface area contributed by atoms with Gasteiger partial charge in [0.25, 0.3) is 0 Å². The molecule has 0 aromatic heterocycles. The average molecular weight is 617 g/mol. The lowest BCUT2D eigenvalue weighted by molar-refractivity contribution is -0.277. The van der Waals surface area contributed by atoms with Crippen LogP contribution in [0.2, 0.25) is 0 Å². The summed E-state index contributed by atoms with van der Waals surface area (Å²) in [6.07, 6.45) is 3.59. The number of carboxylic acid groups (broad SMARTS) is 1. The molecule has 0 unspecified atom stereocenters. The van der Waals surface area contributed by atoms with Gasteiger partial charge in [0.2, 0.25) is 11.8 Å². The second-order valence-electron chi connectivity index (χ2n) is 10.5. The highest BCUT2D eigenvalue weighted by Gasteiger charge is 2.51. The first-order chi connectivity index (χ1) is 20.4. The maximum Gasteiger partial charge on any atom is 0.303 e. The second-order valence-corrected chi connectivity index (χ2v) is 10.5. The summed E-state index contributed by atoms with van der Waals surface area (Å²) in [5.74, 6) is -3.27. The Balaban J connectivity index is 2.54. The van der Waals surface area contributed by atoms with E-state index < -0.39 is 60.4 Å². The molecule has 1 heterocycles. The summed E-state index contributed by atoms with van der Waals surface area (Å²) < 4.78 is 27.7. The molecule has 14 nitrogen and oxygen atoms in total. The van der Waals surface area contributed by atoms with Gasteiger partial charge in [-0.3, -0.25) is 28.8 Å². The van der Waals surface area contributed by atoms with Crippen molar-refractivity contribution in [2.24, 2.45) is 0 Å². The van der Waals surface area contributed by atoms with E-state index in [1.54, 1.807) is 0 Å². The minimum absolute atomic E-state index is 0.0701. The fraction of sp³-hybridized carbons (Fsp3) is 0.793. The normalized spacial score (nSPS) is 21.3. The van der Waals surface area contributed by atoms with E-state index in [1.807, 2.05) is 0 Å². The Kier molecular flexibility index (Phi) is 18.8. The number of esters is 3. The van der Waals surface area contributed by atoms with Crippen LogP contribution in [-0.4, -0.2) is 91.2 Å². The van der Waals surface area contributed by atoms with Gasteiger partial charge in [0.05, 0.1) is 0 Å². The third-order valence-corrected chi connectivity index (χ3v) is 6.54. The third-order valence-electron chi connectivity index (χ3n) is 6.54. The van der Waals surface area contributed by atoms with Crippen molar-refractivity contribution in [2.45, 2.75) is 129 Å². The maximum atomic E-state index is 12.2. The number of hydrogen-bond acceptors (Lipinski definition) is 11. The molecule has 1 aliphatic rings. The number of carbonyl (C=O) groups excluding carboxylic acids is 5. The van der Waals surface area contributed by atoms with E-state index in [4.69, 9.17) is 28.8 Å². The minimum atomic E-state index is -1.19. The fourth-order valence-corrected chi connectivity index (χ4v) is 4.62. The zero-order valence-corrected chi connectivity index (χ0v) is 25.7. The van der Waals surface area contributed by atoms with Gasteiger partial charge >= 0.3 is 23.9 Å². The molecule has 14 heteroatoms. The summed E-state index contributed by atoms with van der Waals surface area (Å²) in [6.45, 7) is 5.21. The Morgan fingerprint density at radius 3 is 1.88 bits per heavy atom. The van der Waals surface area contributed by atoms with Crippen LogP contribution >= 0.6 is 0 Å². The number of rotatable bonds is 21. The van der Waals surface area contributed by atoms with Gasteiger partial charge in [-0.2, -0.15) is 0 Å². The molecule has 5 atom stereocenters. The largest absolute Gasteiger partial charge is 0.481 e. The standard InChI is InChI=1S/C29H48N2O12/c1-19(32)31-26-28(42-22(4)35)27(41-21(3)34)23(18-40-20(2)33)43-29(26)39-17-13-11-14-24(36)30-16-12-9-7-5-6-8-10-15-25(37)38/h23,26-29H,5-18H2,1-4H3,(H,30,36)(H,31,32)(H,37,38)/t23-,26-,27+,28-,29-/m1/s1. The summed E-state index contributed by atoms with van der Waals surface area (Å²) in [6, 6.07) is -1.03. The van der Waals surface area contributed by atoms with E-state index in [-0.39, 0.29) is 25.5 Å². The summed E-state index contributed by atoms with van der Waals surface area (Å²) >= 11 is 0. The number of carboxylic acids is 1. The molecule has 2 amide bonds. The zero-order chi connectivity index (χ0) is 32.2. The number of unbranched alkanes of at least 4 members (excludes halogenated alkanes) is 7. The predicted octanol–water partition coefficient (Wildman–Crippen LogP) is 2.15. The van der Waals surface area contributed by atoms with Crippen LogP contribution in [0.1, 0.15) is 98.3 Å². The van der Waals surface area contributed by atoms with E-state index in [0.29, 0.717) is 32.2 Å². The number of carbonyl (C=O) groups is 6. The first kappa shape index (κ1) is 37.8. The van der Waals surface area contributed by atoms with E-state index in [1.165, 1.54) is 20.8 Å². The van der Waals surface area contributed by atoms with Gasteiger partial charge in [-0.05, 0) is 25.7 Å². The third kappa shape index (κ3) is 17.5. The highest BCUT2D eigenvalue weighted by molar-refractivity contribution is 5.75. The van der Waals surface area contributed by atoms with Crippen molar-refractivity contribution in [3.8, 4) is 0 Å². The highest BCUT2D eigenvalue weighted by atomic mass is 16.7. The van der Waals surface area contributed by atoms with E-state index in [9.17, 15) is 28.8 Å². The topological polar surface area (TPSA) is 193 Å². The number of amides is 2. The van der Waals surface area contributed by atoms with E-state index in [0.717, 1.165) is 45.4 Å². The van der Waals surface area contributed by atoms with Crippen LogP contribution in [0.4, 0.5) is 0 Å². The van der Waals surface area contributed by atoms with Gasteiger partial charge in [0, 0.05) is 53.7 Å². The van der Waals surface area contributed by atoms with E-state index in [2.05, 4.69) is 10.6 Å². The lowest BCUT2D eigenvalue weighted by Gasteiger charge is -2.44. The highest BCUT2D eigenvalue weighted by Crippen LogP contribution is 2.28. The summed E-state index contributed by atoms with van der Waals surface area (Å²) in [5.41, 5.74) is 0. The smallest absolute Gasteiger partial charge is 0.303 e. The van der Waals surface area contributed by atoms with Gasteiger partial charge in [-0.15, -0.1) is 0 Å². The lowest BCUT2D eigenvalue weighted by Crippen LogP contribution is -2.66. The average Bonchev–Trinajstić information content (AvgIpc) is 2.90. The maximum absolute atomic E-state index is 12.2. The molecular formula is C29H48N2O12.